The summed E-state index contributed by atoms with van der Waals surface area (Å²) in [5.41, 5.74) is 6.23. The summed E-state index contributed by atoms with van der Waals surface area (Å²) < 4.78 is 2.09. The second-order valence-corrected chi connectivity index (χ2v) is 5.49. The van der Waals surface area contributed by atoms with E-state index in [4.69, 9.17) is 5.73 Å². The predicted octanol–water partition coefficient (Wildman–Crippen LogP) is 2.65. The normalized spacial score (nSPS) is 19.4. The van der Waals surface area contributed by atoms with Crippen molar-refractivity contribution in [3.8, 4) is 0 Å². The third kappa shape index (κ3) is 3.84. The van der Waals surface area contributed by atoms with Crippen molar-refractivity contribution in [2.24, 2.45) is 18.7 Å². The number of rotatable bonds is 5. The third-order valence-corrected chi connectivity index (χ3v) is 4.02. The van der Waals surface area contributed by atoms with Gasteiger partial charge in [0.05, 0.1) is 0 Å². The lowest BCUT2D eigenvalue weighted by Crippen LogP contribution is -2.25. The van der Waals surface area contributed by atoms with E-state index in [9.17, 15) is 0 Å². The van der Waals surface area contributed by atoms with E-state index in [1.54, 1.807) is 0 Å². The average Bonchev–Trinajstić information content (AvgIpc) is 2.74. The molecule has 3 heteroatoms. The Hall–Kier alpha value is -0.830. The number of hydrogen-bond donors (Lipinski definition) is 1. The van der Waals surface area contributed by atoms with Crippen LogP contribution >= 0.6 is 0 Å². The van der Waals surface area contributed by atoms with E-state index in [-0.39, 0.29) is 0 Å². The molecule has 3 nitrogen and oxygen atoms in total. The maximum absolute atomic E-state index is 6.23. The van der Waals surface area contributed by atoms with Gasteiger partial charge in [-0.25, -0.2) is 4.98 Å². The average molecular weight is 235 g/mol. The van der Waals surface area contributed by atoms with E-state index >= 15 is 0 Å². The van der Waals surface area contributed by atoms with E-state index < -0.39 is 0 Å². The van der Waals surface area contributed by atoms with Gasteiger partial charge in [-0.15, -0.1) is 0 Å². The second-order valence-electron chi connectivity index (χ2n) is 5.49. The van der Waals surface area contributed by atoms with Gasteiger partial charge in [0.15, 0.2) is 0 Å². The molecule has 2 N–H and O–H groups in total. The fraction of sp³-hybridized carbons (Fsp3) is 0.786. The molecular formula is C14H25N3. The lowest BCUT2D eigenvalue weighted by Gasteiger charge is -2.24. The van der Waals surface area contributed by atoms with Crippen LogP contribution < -0.4 is 5.73 Å². The molecule has 0 radical (unpaired) electrons. The first-order valence-corrected chi connectivity index (χ1v) is 6.97. The lowest BCUT2D eigenvalue weighted by atomic mass is 9.84. The molecule has 17 heavy (non-hydrogen) atoms. The Labute approximate surface area is 104 Å². The van der Waals surface area contributed by atoms with E-state index in [0.29, 0.717) is 6.04 Å². The van der Waals surface area contributed by atoms with Gasteiger partial charge in [0.1, 0.15) is 5.82 Å². The van der Waals surface area contributed by atoms with Crippen LogP contribution in [0, 0.1) is 5.92 Å². The van der Waals surface area contributed by atoms with Crippen molar-refractivity contribution < 1.29 is 0 Å². The molecule has 0 amide bonds. The molecule has 0 saturated heterocycles. The molecule has 1 aromatic rings. The van der Waals surface area contributed by atoms with Crippen LogP contribution in [0.25, 0.3) is 0 Å². The zero-order valence-electron chi connectivity index (χ0n) is 10.9. The Morgan fingerprint density at radius 3 is 2.82 bits per heavy atom. The van der Waals surface area contributed by atoms with Crippen LogP contribution in [0.2, 0.25) is 0 Å². The molecular weight excluding hydrogens is 210 g/mol. The van der Waals surface area contributed by atoms with Gasteiger partial charge < -0.3 is 10.3 Å². The number of imidazole rings is 1. The highest BCUT2D eigenvalue weighted by molar-refractivity contribution is 4.92. The topological polar surface area (TPSA) is 43.8 Å². The minimum absolute atomic E-state index is 0.356. The highest BCUT2D eigenvalue weighted by atomic mass is 15.0. The number of aryl methyl sites for hydroxylation is 2. The summed E-state index contributed by atoms with van der Waals surface area (Å²) >= 11 is 0. The first-order valence-electron chi connectivity index (χ1n) is 6.97. The quantitative estimate of drug-likeness (QED) is 0.852. The van der Waals surface area contributed by atoms with Gasteiger partial charge in [-0.1, -0.05) is 32.1 Å². The van der Waals surface area contributed by atoms with Gasteiger partial charge in [-0.2, -0.15) is 0 Å². The number of hydrogen-bond acceptors (Lipinski definition) is 2. The van der Waals surface area contributed by atoms with Crippen LogP contribution in [0.4, 0.5) is 0 Å². The largest absolute Gasteiger partial charge is 0.338 e. The van der Waals surface area contributed by atoms with E-state index in [2.05, 4.69) is 16.6 Å². The maximum atomic E-state index is 6.23. The van der Waals surface area contributed by atoms with E-state index in [1.165, 1.54) is 38.5 Å². The molecule has 1 aliphatic rings. The molecule has 0 aliphatic heterocycles. The first kappa shape index (κ1) is 12.6. The van der Waals surface area contributed by atoms with Gasteiger partial charge in [-0.3, -0.25) is 0 Å². The fourth-order valence-corrected chi connectivity index (χ4v) is 2.92. The van der Waals surface area contributed by atoms with Crippen LogP contribution in [0.15, 0.2) is 12.4 Å². The second kappa shape index (κ2) is 6.20. The summed E-state index contributed by atoms with van der Waals surface area (Å²) in [6.07, 6.45) is 14.2. The molecule has 0 aromatic carbocycles. The Morgan fingerprint density at radius 1 is 1.41 bits per heavy atom. The standard InChI is InChI=1S/C14H25N3/c1-17-10-9-16-14(17)8-7-13(15)11-12-5-3-2-4-6-12/h9-10,12-13H,2-8,11,15H2,1H3. The van der Waals surface area contributed by atoms with E-state index in [0.717, 1.165) is 24.6 Å². The van der Waals surface area contributed by atoms with Crippen molar-refractivity contribution in [1.29, 1.82) is 0 Å². The van der Waals surface area contributed by atoms with Crippen LogP contribution in [-0.2, 0) is 13.5 Å². The minimum Gasteiger partial charge on any atom is -0.338 e. The molecule has 0 bridgehead atoms. The molecule has 96 valence electrons. The van der Waals surface area contributed by atoms with Crippen molar-refractivity contribution in [3.05, 3.63) is 18.2 Å². The summed E-state index contributed by atoms with van der Waals surface area (Å²) in [5, 5.41) is 0. The summed E-state index contributed by atoms with van der Waals surface area (Å²) in [5.74, 6) is 2.05. The highest BCUT2D eigenvalue weighted by Gasteiger charge is 2.16. The van der Waals surface area contributed by atoms with Gasteiger partial charge >= 0.3 is 0 Å². The monoisotopic (exact) mass is 235 g/mol. The molecule has 1 fully saturated rings. The van der Waals surface area contributed by atoms with Gasteiger partial charge in [0.25, 0.3) is 0 Å². The Bertz CT molecular complexity index is 326. The van der Waals surface area contributed by atoms with Gasteiger partial charge in [-0.05, 0) is 18.8 Å². The zero-order chi connectivity index (χ0) is 12.1. The van der Waals surface area contributed by atoms with E-state index in [1.807, 2.05) is 12.4 Å². The van der Waals surface area contributed by atoms with Crippen LogP contribution in [-0.4, -0.2) is 15.6 Å². The molecule has 2 rings (SSSR count). The Morgan fingerprint density at radius 2 is 2.18 bits per heavy atom. The molecule has 1 saturated carbocycles. The number of nitrogens with zero attached hydrogens (tertiary/aromatic N) is 2. The van der Waals surface area contributed by atoms with Crippen LogP contribution in [0.3, 0.4) is 0 Å². The van der Waals surface area contributed by atoms with Crippen molar-refractivity contribution in [3.63, 3.8) is 0 Å². The first-order chi connectivity index (χ1) is 8.25. The van der Waals surface area contributed by atoms with Crippen molar-refractivity contribution in [2.45, 2.75) is 57.4 Å². The number of nitrogens with two attached hydrogens (primary N) is 1. The fourth-order valence-electron chi connectivity index (χ4n) is 2.92. The number of aromatic nitrogens is 2. The Balaban J connectivity index is 1.70. The molecule has 0 spiro atoms. The lowest BCUT2D eigenvalue weighted by molar-refractivity contribution is 0.312. The van der Waals surface area contributed by atoms with Gasteiger partial charge in [0.2, 0.25) is 0 Å². The molecule has 1 atom stereocenters. The molecule has 1 aromatic heterocycles. The summed E-state index contributed by atoms with van der Waals surface area (Å²) in [4.78, 5) is 4.34. The smallest absolute Gasteiger partial charge is 0.108 e. The zero-order valence-corrected chi connectivity index (χ0v) is 10.9. The highest BCUT2D eigenvalue weighted by Crippen LogP contribution is 2.27. The third-order valence-electron chi connectivity index (χ3n) is 4.02. The predicted molar refractivity (Wildman–Crippen MR) is 70.7 cm³/mol. The van der Waals surface area contributed by atoms with Crippen LogP contribution in [0.5, 0.6) is 0 Å². The van der Waals surface area contributed by atoms with Crippen LogP contribution in [0.1, 0.15) is 50.8 Å². The SMILES string of the molecule is Cn1ccnc1CCC(N)CC1CCCCC1. The maximum Gasteiger partial charge on any atom is 0.108 e. The van der Waals surface area contributed by atoms with Crippen molar-refractivity contribution >= 4 is 0 Å². The molecule has 1 heterocycles. The summed E-state index contributed by atoms with van der Waals surface area (Å²) in [6.45, 7) is 0. The van der Waals surface area contributed by atoms with Crippen molar-refractivity contribution in [1.82, 2.24) is 9.55 Å². The molecule has 1 unspecified atom stereocenters. The van der Waals surface area contributed by atoms with Crippen molar-refractivity contribution in [2.75, 3.05) is 0 Å². The van der Waals surface area contributed by atoms with Gasteiger partial charge in [0, 0.05) is 31.9 Å². The summed E-state index contributed by atoms with van der Waals surface area (Å²) in [6, 6.07) is 0.356. The molecule has 1 aliphatic carbocycles. The Kier molecular flexibility index (Phi) is 4.60. The minimum atomic E-state index is 0.356. The summed E-state index contributed by atoms with van der Waals surface area (Å²) in [7, 11) is 2.05.